The molecule has 2 aliphatic heterocycles. The lowest BCUT2D eigenvalue weighted by Gasteiger charge is -2.13. The second-order valence-electron chi connectivity index (χ2n) is 3.51. The van der Waals surface area contributed by atoms with Gasteiger partial charge in [-0.1, -0.05) is 11.8 Å². The summed E-state index contributed by atoms with van der Waals surface area (Å²) in [5.41, 5.74) is -1.43. The molecule has 0 aromatic rings. The maximum absolute atomic E-state index is 11.0. The van der Waals surface area contributed by atoms with Gasteiger partial charge < -0.3 is 18.9 Å². The lowest BCUT2D eigenvalue weighted by atomic mass is 10.2. The Morgan fingerprint density at radius 2 is 1.47 bits per heavy atom. The second-order valence-corrected chi connectivity index (χ2v) is 4.71. The molecule has 0 unspecified atom stereocenters. The fraction of sp³-hybridized carbons (Fsp3) is 0.667. The summed E-state index contributed by atoms with van der Waals surface area (Å²) in [5, 5.41) is 0. The van der Waals surface area contributed by atoms with E-state index in [0.29, 0.717) is 0 Å². The Bertz CT molecular complexity index is 336. The van der Waals surface area contributed by atoms with Gasteiger partial charge in [0, 0.05) is 13.8 Å². The van der Waals surface area contributed by atoms with Crippen molar-refractivity contribution < 1.29 is 33.3 Å². The van der Waals surface area contributed by atoms with Crippen LogP contribution in [0.1, 0.15) is 13.8 Å². The van der Waals surface area contributed by atoms with Crippen LogP contribution in [0.5, 0.6) is 0 Å². The molecule has 0 aromatic heterocycles. The highest BCUT2D eigenvalue weighted by Gasteiger charge is 2.57. The third-order valence-corrected chi connectivity index (χ3v) is 3.42. The molecule has 0 amide bonds. The average molecular weight is 262 g/mol. The zero-order valence-electron chi connectivity index (χ0n) is 9.08. The monoisotopic (exact) mass is 262 g/mol. The van der Waals surface area contributed by atoms with Crippen molar-refractivity contribution >= 4 is 29.9 Å². The number of thioether (sulfide) groups is 1. The van der Waals surface area contributed by atoms with Crippen LogP contribution in [0.15, 0.2) is 0 Å². The van der Waals surface area contributed by atoms with Gasteiger partial charge in [-0.2, -0.15) is 0 Å². The quantitative estimate of drug-likeness (QED) is 0.522. The molecule has 0 radical (unpaired) electrons. The number of hydrogen-bond donors (Lipinski definition) is 0. The Hall–Kier alpha value is -1.44. The summed E-state index contributed by atoms with van der Waals surface area (Å²) in [7, 11) is 0. The summed E-state index contributed by atoms with van der Waals surface area (Å²) in [6, 6.07) is 0. The minimum Gasteiger partial charge on any atom is -0.447 e. The molecule has 0 aliphatic carbocycles. The topological polar surface area (TPSA) is 88.1 Å². The molecule has 0 spiro atoms. The standard InChI is InChI=1S/C9H10O7S/c1-3(10)13-7-5-6(16-9(12)15-5)8(17-7)14-4(2)11/h5-8H,1-2H3/t5-,6+,7-,8-/m1/s1. The van der Waals surface area contributed by atoms with Gasteiger partial charge in [0.05, 0.1) is 0 Å². The van der Waals surface area contributed by atoms with E-state index in [1.165, 1.54) is 13.8 Å². The first kappa shape index (κ1) is 12.0. The van der Waals surface area contributed by atoms with E-state index in [1.54, 1.807) is 0 Å². The zero-order chi connectivity index (χ0) is 12.6. The van der Waals surface area contributed by atoms with Crippen molar-refractivity contribution in [1.29, 1.82) is 0 Å². The van der Waals surface area contributed by atoms with E-state index in [9.17, 15) is 14.4 Å². The van der Waals surface area contributed by atoms with Crippen molar-refractivity contribution in [2.75, 3.05) is 0 Å². The van der Waals surface area contributed by atoms with E-state index in [2.05, 4.69) is 0 Å². The van der Waals surface area contributed by atoms with Gasteiger partial charge in [-0.15, -0.1) is 0 Å². The maximum atomic E-state index is 11.0. The summed E-state index contributed by atoms with van der Waals surface area (Å²) in [4.78, 5) is 32.7. The minimum atomic E-state index is -0.852. The molecule has 8 heteroatoms. The van der Waals surface area contributed by atoms with E-state index >= 15 is 0 Å². The molecule has 0 bridgehead atoms. The summed E-state index contributed by atoms with van der Waals surface area (Å²) >= 11 is 1.07. The first-order chi connectivity index (χ1) is 7.97. The van der Waals surface area contributed by atoms with Gasteiger partial charge in [-0.25, -0.2) is 4.79 Å². The van der Waals surface area contributed by atoms with Gasteiger partial charge >= 0.3 is 18.1 Å². The molecule has 4 atom stereocenters. The van der Waals surface area contributed by atoms with E-state index in [4.69, 9.17) is 18.9 Å². The van der Waals surface area contributed by atoms with Crippen LogP contribution in [-0.4, -0.2) is 41.2 Å². The summed E-state index contributed by atoms with van der Waals surface area (Å²) in [5.74, 6) is -1.01. The highest BCUT2D eigenvalue weighted by Crippen LogP contribution is 2.42. The Kier molecular flexibility index (Phi) is 3.14. The first-order valence-corrected chi connectivity index (χ1v) is 5.79. The number of hydrogen-bond acceptors (Lipinski definition) is 8. The zero-order valence-corrected chi connectivity index (χ0v) is 9.89. The Morgan fingerprint density at radius 3 is 1.82 bits per heavy atom. The maximum Gasteiger partial charge on any atom is 0.509 e. The summed E-state index contributed by atoms with van der Waals surface area (Å²) in [6.07, 6.45) is -2.32. The van der Waals surface area contributed by atoms with E-state index in [0.717, 1.165) is 11.8 Å². The van der Waals surface area contributed by atoms with Gasteiger partial charge in [-0.3, -0.25) is 9.59 Å². The fourth-order valence-corrected chi connectivity index (χ4v) is 2.99. The molecule has 7 nitrogen and oxygen atoms in total. The Morgan fingerprint density at radius 1 is 1.06 bits per heavy atom. The molecule has 2 saturated heterocycles. The molecule has 2 aliphatic rings. The summed E-state index contributed by atoms with van der Waals surface area (Å²) in [6.45, 7) is 2.48. The first-order valence-electron chi connectivity index (χ1n) is 4.84. The lowest BCUT2D eigenvalue weighted by Crippen LogP contribution is -2.32. The van der Waals surface area contributed by atoms with Gasteiger partial charge in [0.25, 0.3) is 0 Å². The molecule has 0 saturated carbocycles. The molecule has 0 N–H and O–H groups in total. The van der Waals surface area contributed by atoms with Crippen LogP contribution in [0.4, 0.5) is 4.79 Å². The predicted octanol–water partition coefficient (Wildman–Crippen LogP) is 0.416. The van der Waals surface area contributed by atoms with E-state index in [-0.39, 0.29) is 0 Å². The number of rotatable bonds is 2. The molecular weight excluding hydrogens is 252 g/mol. The predicted molar refractivity (Wildman–Crippen MR) is 53.8 cm³/mol. The normalized spacial score (nSPS) is 34.6. The van der Waals surface area contributed by atoms with Crippen LogP contribution in [0.3, 0.4) is 0 Å². The van der Waals surface area contributed by atoms with Crippen molar-refractivity contribution in [1.82, 2.24) is 0 Å². The van der Waals surface area contributed by atoms with Crippen molar-refractivity contribution in [3.63, 3.8) is 0 Å². The number of carbonyl (C=O) groups is 3. The van der Waals surface area contributed by atoms with Crippen LogP contribution in [0.2, 0.25) is 0 Å². The number of carbonyl (C=O) groups excluding carboxylic acids is 3. The van der Waals surface area contributed by atoms with Gasteiger partial charge in [0.1, 0.15) is 0 Å². The van der Waals surface area contributed by atoms with Gasteiger partial charge in [-0.05, 0) is 0 Å². The number of esters is 2. The van der Waals surface area contributed by atoms with Crippen LogP contribution < -0.4 is 0 Å². The molecule has 0 aromatic carbocycles. The van der Waals surface area contributed by atoms with E-state index < -0.39 is 41.2 Å². The second kappa shape index (κ2) is 4.44. The molecule has 2 rings (SSSR count). The Labute approximate surface area is 101 Å². The van der Waals surface area contributed by atoms with Crippen molar-refractivity contribution in [2.45, 2.75) is 36.9 Å². The molecule has 2 heterocycles. The third kappa shape index (κ3) is 2.46. The SMILES string of the molecule is CC(=O)O[C@@H]1S[C@@H](OC(C)=O)[C@H]2OC(=O)O[C@H]21. The largest absolute Gasteiger partial charge is 0.509 e. The number of fused-ring (bicyclic) bond motifs is 1. The van der Waals surface area contributed by atoms with Crippen LogP contribution in [0.25, 0.3) is 0 Å². The van der Waals surface area contributed by atoms with Crippen LogP contribution >= 0.6 is 11.8 Å². The van der Waals surface area contributed by atoms with Crippen molar-refractivity contribution in [3.8, 4) is 0 Å². The molecule has 2 fully saturated rings. The molecule has 94 valence electrons. The number of ether oxygens (including phenoxy) is 4. The summed E-state index contributed by atoms with van der Waals surface area (Å²) < 4.78 is 19.6. The highest BCUT2D eigenvalue weighted by molar-refractivity contribution is 8.00. The lowest BCUT2D eigenvalue weighted by molar-refractivity contribution is -0.148. The smallest absolute Gasteiger partial charge is 0.447 e. The van der Waals surface area contributed by atoms with Crippen molar-refractivity contribution in [3.05, 3.63) is 0 Å². The average Bonchev–Trinajstić information content (AvgIpc) is 2.67. The van der Waals surface area contributed by atoms with Gasteiger partial charge in [0.2, 0.25) is 0 Å². The highest BCUT2D eigenvalue weighted by atomic mass is 32.2. The van der Waals surface area contributed by atoms with Crippen LogP contribution in [-0.2, 0) is 28.5 Å². The molecular formula is C9H10O7S. The minimum absolute atomic E-state index is 0.507. The molecule has 17 heavy (non-hydrogen) atoms. The van der Waals surface area contributed by atoms with Gasteiger partial charge in [0.15, 0.2) is 23.1 Å². The van der Waals surface area contributed by atoms with Crippen molar-refractivity contribution in [2.24, 2.45) is 0 Å². The fourth-order valence-electron chi connectivity index (χ4n) is 1.61. The van der Waals surface area contributed by atoms with E-state index in [1.807, 2.05) is 0 Å². The Balaban J connectivity index is 2.09. The third-order valence-electron chi connectivity index (χ3n) is 2.16. The van der Waals surface area contributed by atoms with Crippen LogP contribution in [0, 0.1) is 0 Å².